The minimum Gasteiger partial charge on any atom is -0.491 e. The lowest BCUT2D eigenvalue weighted by Gasteiger charge is -2.11. The lowest BCUT2D eigenvalue weighted by Crippen LogP contribution is -2.13. The lowest BCUT2D eigenvalue weighted by molar-refractivity contribution is 0.102. The molecule has 0 aliphatic heterocycles. The fraction of sp³-hybridized carbons (Fsp3) is 0.188. The van der Waals surface area contributed by atoms with Crippen LogP contribution in [0.25, 0.3) is 0 Å². The monoisotopic (exact) mass is 351 g/mol. The Balaban J connectivity index is 2.10. The van der Waals surface area contributed by atoms with E-state index in [2.05, 4.69) is 21.2 Å². The van der Waals surface area contributed by atoms with Crippen molar-refractivity contribution >= 4 is 27.5 Å². The van der Waals surface area contributed by atoms with E-state index in [0.29, 0.717) is 10.2 Å². The number of hydrogen-bond donors (Lipinski definition) is 1. The van der Waals surface area contributed by atoms with Crippen LogP contribution in [0, 0.1) is 5.82 Å². The molecule has 0 heterocycles. The molecule has 0 aliphatic rings. The van der Waals surface area contributed by atoms with Crippen molar-refractivity contribution in [3.05, 3.63) is 58.3 Å². The van der Waals surface area contributed by atoms with E-state index < -0.39 is 11.7 Å². The number of hydrogen-bond acceptors (Lipinski definition) is 2. The Morgan fingerprint density at radius 2 is 1.86 bits per heavy atom. The van der Waals surface area contributed by atoms with Crippen LogP contribution in [-0.4, -0.2) is 12.0 Å². The molecule has 2 aromatic carbocycles. The highest BCUT2D eigenvalue weighted by Crippen LogP contribution is 2.20. The summed E-state index contributed by atoms with van der Waals surface area (Å²) in [5.74, 6) is -0.335. The molecule has 0 fully saturated rings. The van der Waals surface area contributed by atoms with Gasteiger partial charge in [0.15, 0.2) is 0 Å². The molecule has 0 bridgehead atoms. The summed E-state index contributed by atoms with van der Waals surface area (Å²) in [7, 11) is 0. The quantitative estimate of drug-likeness (QED) is 0.872. The normalized spacial score (nSPS) is 10.5. The highest BCUT2D eigenvalue weighted by Gasteiger charge is 2.12. The van der Waals surface area contributed by atoms with E-state index in [9.17, 15) is 9.18 Å². The third-order valence-electron chi connectivity index (χ3n) is 2.66. The van der Waals surface area contributed by atoms with Crippen molar-refractivity contribution in [3.63, 3.8) is 0 Å². The summed E-state index contributed by atoms with van der Waals surface area (Å²) < 4.78 is 19.8. The molecule has 2 rings (SSSR count). The van der Waals surface area contributed by atoms with Crippen molar-refractivity contribution < 1.29 is 13.9 Å². The van der Waals surface area contributed by atoms with Gasteiger partial charge in [-0.05, 0) is 56.3 Å². The summed E-state index contributed by atoms with van der Waals surface area (Å²) in [6, 6.07) is 11.2. The number of nitrogens with one attached hydrogen (secondary N) is 1. The van der Waals surface area contributed by atoms with Crippen LogP contribution in [-0.2, 0) is 0 Å². The molecule has 2 aromatic rings. The van der Waals surface area contributed by atoms with Crippen molar-refractivity contribution in [2.45, 2.75) is 20.0 Å². The predicted octanol–water partition coefficient (Wildman–Crippen LogP) is 4.63. The van der Waals surface area contributed by atoms with Gasteiger partial charge in [-0.25, -0.2) is 4.39 Å². The summed E-state index contributed by atoms with van der Waals surface area (Å²) in [6.45, 7) is 3.87. The highest BCUT2D eigenvalue weighted by atomic mass is 79.9. The van der Waals surface area contributed by atoms with Gasteiger partial charge in [-0.15, -0.1) is 0 Å². The summed E-state index contributed by atoms with van der Waals surface area (Å²) in [5, 5.41) is 2.65. The highest BCUT2D eigenvalue weighted by molar-refractivity contribution is 9.10. The second-order valence-electron chi connectivity index (χ2n) is 4.77. The summed E-state index contributed by atoms with van der Waals surface area (Å²) in [6.07, 6.45) is 0.0844. The molecule has 5 heteroatoms. The van der Waals surface area contributed by atoms with Gasteiger partial charge in [-0.1, -0.05) is 15.9 Å². The van der Waals surface area contributed by atoms with Gasteiger partial charge in [-0.2, -0.15) is 0 Å². The SMILES string of the molecule is CC(C)Oc1ccc(NC(=O)c2cc(Br)ccc2F)cc1. The first-order valence-electron chi connectivity index (χ1n) is 6.49. The van der Waals surface area contributed by atoms with Crippen molar-refractivity contribution in [3.8, 4) is 5.75 Å². The molecule has 0 aromatic heterocycles. The number of benzene rings is 2. The van der Waals surface area contributed by atoms with Gasteiger partial charge >= 0.3 is 0 Å². The van der Waals surface area contributed by atoms with Crippen molar-refractivity contribution in [2.24, 2.45) is 0 Å². The van der Waals surface area contributed by atoms with Crippen molar-refractivity contribution in [1.29, 1.82) is 0 Å². The van der Waals surface area contributed by atoms with Gasteiger partial charge < -0.3 is 10.1 Å². The smallest absolute Gasteiger partial charge is 0.258 e. The van der Waals surface area contributed by atoms with E-state index in [0.717, 1.165) is 5.75 Å². The second-order valence-corrected chi connectivity index (χ2v) is 5.68. The van der Waals surface area contributed by atoms with E-state index in [1.165, 1.54) is 12.1 Å². The molecule has 0 radical (unpaired) electrons. The molecule has 110 valence electrons. The Hall–Kier alpha value is -1.88. The number of amides is 1. The maximum Gasteiger partial charge on any atom is 0.258 e. The Labute approximate surface area is 131 Å². The van der Waals surface area contributed by atoms with Crippen LogP contribution < -0.4 is 10.1 Å². The first kappa shape index (κ1) is 15.5. The molecule has 0 saturated heterocycles. The van der Waals surface area contributed by atoms with Crippen LogP contribution in [0.3, 0.4) is 0 Å². The Kier molecular flexibility index (Phi) is 4.96. The molecule has 3 nitrogen and oxygen atoms in total. The third-order valence-corrected chi connectivity index (χ3v) is 3.15. The molecule has 0 saturated carbocycles. The van der Waals surface area contributed by atoms with Crippen LogP contribution in [0.5, 0.6) is 5.75 Å². The van der Waals surface area contributed by atoms with Crippen LogP contribution in [0.15, 0.2) is 46.9 Å². The van der Waals surface area contributed by atoms with E-state index in [1.807, 2.05) is 13.8 Å². The predicted molar refractivity (Wildman–Crippen MR) is 84.3 cm³/mol. The van der Waals surface area contributed by atoms with Gasteiger partial charge in [-0.3, -0.25) is 4.79 Å². The Morgan fingerprint density at radius 1 is 1.19 bits per heavy atom. The minimum absolute atomic E-state index is 0.00752. The number of carbonyl (C=O) groups is 1. The summed E-state index contributed by atoms with van der Waals surface area (Å²) >= 11 is 3.22. The van der Waals surface area contributed by atoms with E-state index in [4.69, 9.17) is 4.74 Å². The van der Waals surface area contributed by atoms with Crippen LogP contribution in [0.1, 0.15) is 24.2 Å². The van der Waals surface area contributed by atoms with Gasteiger partial charge in [0.25, 0.3) is 5.91 Å². The first-order valence-corrected chi connectivity index (χ1v) is 7.28. The summed E-state index contributed by atoms with van der Waals surface area (Å²) in [4.78, 5) is 12.0. The maximum atomic E-state index is 13.6. The Bertz CT molecular complexity index is 641. The van der Waals surface area contributed by atoms with Gasteiger partial charge in [0.2, 0.25) is 0 Å². The molecule has 1 N–H and O–H groups in total. The molecule has 21 heavy (non-hydrogen) atoms. The zero-order valence-corrected chi connectivity index (χ0v) is 13.3. The lowest BCUT2D eigenvalue weighted by atomic mass is 10.2. The van der Waals surface area contributed by atoms with Crippen molar-refractivity contribution in [2.75, 3.05) is 5.32 Å². The zero-order chi connectivity index (χ0) is 15.4. The van der Waals surface area contributed by atoms with Gasteiger partial charge in [0.05, 0.1) is 11.7 Å². The standard InChI is InChI=1S/C16H15BrFNO2/c1-10(2)21-13-6-4-12(5-7-13)19-16(20)14-9-11(17)3-8-15(14)18/h3-10H,1-2H3,(H,19,20). The fourth-order valence-electron chi connectivity index (χ4n) is 1.76. The molecule has 0 spiro atoms. The minimum atomic E-state index is -0.560. The topological polar surface area (TPSA) is 38.3 Å². The molecular formula is C16H15BrFNO2. The maximum absolute atomic E-state index is 13.6. The average Bonchev–Trinajstić information content (AvgIpc) is 2.43. The van der Waals surface area contributed by atoms with Crippen LogP contribution >= 0.6 is 15.9 Å². The van der Waals surface area contributed by atoms with Gasteiger partial charge in [0, 0.05) is 10.2 Å². The van der Waals surface area contributed by atoms with Crippen molar-refractivity contribution in [1.82, 2.24) is 0 Å². The second kappa shape index (κ2) is 6.72. The molecular weight excluding hydrogens is 337 g/mol. The number of ether oxygens (including phenoxy) is 1. The Morgan fingerprint density at radius 3 is 2.48 bits per heavy atom. The number of anilines is 1. The molecule has 0 aliphatic carbocycles. The first-order chi connectivity index (χ1) is 9.95. The average molecular weight is 352 g/mol. The number of rotatable bonds is 4. The fourth-order valence-corrected chi connectivity index (χ4v) is 2.12. The number of halogens is 2. The third kappa shape index (κ3) is 4.29. The largest absolute Gasteiger partial charge is 0.491 e. The molecule has 0 atom stereocenters. The van der Waals surface area contributed by atoms with Crippen LogP contribution in [0.4, 0.5) is 10.1 Å². The van der Waals surface area contributed by atoms with Crippen LogP contribution in [0.2, 0.25) is 0 Å². The van der Waals surface area contributed by atoms with E-state index >= 15 is 0 Å². The van der Waals surface area contributed by atoms with E-state index in [-0.39, 0.29) is 11.7 Å². The van der Waals surface area contributed by atoms with Gasteiger partial charge in [0.1, 0.15) is 11.6 Å². The zero-order valence-electron chi connectivity index (χ0n) is 11.7. The molecule has 0 unspecified atom stereocenters. The molecule has 1 amide bonds. The number of carbonyl (C=O) groups excluding carboxylic acids is 1. The summed E-state index contributed by atoms with van der Waals surface area (Å²) in [5.41, 5.74) is 0.572. The van der Waals surface area contributed by atoms with E-state index in [1.54, 1.807) is 30.3 Å².